The average molecular weight is 167 g/mol. The Balaban J connectivity index is 1.93. The maximum atomic E-state index is 8.59. The highest BCUT2D eigenvalue weighted by Gasteiger charge is 2.27. The summed E-state index contributed by atoms with van der Waals surface area (Å²) in [7, 11) is 0. The van der Waals surface area contributed by atoms with Crippen molar-refractivity contribution in [3.8, 4) is 0 Å². The highest BCUT2D eigenvalue weighted by atomic mass is 16.4. The summed E-state index contributed by atoms with van der Waals surface area (Å²) >= 11 is 0. The summed E-state index contributed by atoms with van der Waals surface area (Å²) in [6, 6.07) is 0. The Bertz CT molecular complexity index is 253. The first-order valence-corrected chi connectivity index (χ1v) is 4.45. The molecule has 1 saturated carbocycles. The Hall–Kier alpha value is -0.830. The lowest BCUT2D eigenvalue weighted by molar-refractivity contribution is 0.282. The quantitative estimate of drug-likeness (QED) is 0.738. The molecule has 0 bridgehead atoms. The van der Waals surface area contributed by atoms with Gasteiger partial charge in [-0.15, -0.1) is 0 Å². The van der Waals surface area contributed by atoms with Crippen LogP contribution < -0.4 is 0 Å². The number of nitrogens with zero attached hydrogens (tertiary/aromatic N) is 1. The fraction of sp³-hybridized carbons (Fsp3) is 0.667. The smallest absolute Gasteiger partial charge is 0.194 e. The first-order valence-electron chi connectivity index (χ1n) is 4.45. The SMILES string of the molecule is OCCCc1ncc(C2CC2)o1. The Morgan fingerprint density at radius 3 is 3.08 bits per heavy atom. The first-order chi connectivity index (χ1) is 5.90. The molecule has 1 aromatic rings. The normalized spacial score (nSPS) is 16.8. The maximum Gasteiger partial charge on any atom is 0.194 e. The lowest BCUT2D eigenvalue weighted by Gasteiger charge is -1.91. The highest BCUT2D eigenvalue weighted by Crippen LogP contribution is 2.40. The third kappa shape index (κ3) is 1.67. The number of hydrogen-bond acceptors (Lipinski definition) is 3. The number of oxazole rings is 1. The van der Waals surface area contributed by atoms with Gasteiger partial charge >= 0.3 is 0 Å². The van der Waals surface area contributed by atoms with Crippen LogP contribution in [0.25, 0.3) is 0 Å². The number of aliphatic hydroxyl groups excluding tert-OH is 1. The van der Waals surface area contributed by atoms with Gasteiger partial charge in [0.05, 0.1) is 6.20 Å². The summed E-state index contributed by atoms with van der Waals surface area (Å²) in [5, 5.41) is 8.59. The van der Waals surface area contributed by atoms with Crippen molar-refractivity contribution >= 4 is 0 Å². The van der Waals surface area contributed by atoms with E-state index in [2.05, 4.69) is 4.98 Å². The molecule has 1 fully saturated rings. The fourth-order valence-electron chi connectivity index (χ4n) is 1.23. The topological polar surface area (TPSA) is 46.3 Å². The molecule has 1 aliphatic carbocycles. The van der Waals surface area contributed by atoms with Crippen LogP contribution in [0, 0.1) is 0 Å². The van der Waals surface area contributed by atoms with Gasteiger partial charge in [-0.1, -0.05) is 0 Å². The molecule has 3 heteroatoms. The third-order valence-corrected chi connectivity index (χ3v) is 2.10. The molecule has 0 aromatic carbocycles. The number of aryl methyl sites for hydroxylation is 1. The second-order valence-corrected chi connectivity index (χ2v) is 3.26. The van der Waals surface area contributed by atoms with Gasteiger partial charge in [0.2, 0.25) is 0 Å². The molecule has 0 saturated heterocycles. The maximum absolute atomic E-state index is 8.59. The van der Waals surface area contributed by atoms with Crippen LogP contribution >= 0.6 is 0 Å². The summed E-state index contributed by atoms with van der Waals surface area (Å²) in [5.74, 6) is 2.44. The number of hydrogen-bond donors (Lipinski definition) is 1. The van der Waals surface area contributed by atoms with Gasteiger partial charge in [-0.2, -0.15) is 0 Å². The van der Waals surface area contributed by atoms with Crippen LogP contribution in [0.1, 0.15) is 36.8 Å². The van der Waals surface area contributed by atoms with E-state index < -0.39 is 0 Å². The zero-order chi connectivity index (χ0) is 8.39. The number of aromatic nitrogens is 1. The van der Waals surface area contributed by atoms with Crippen LogP contribution in [-0.4, -0.2) is 16.7 Å². The van der Waals surface area contributed by atoms with E-state index in [1.807, 2.05) is 6.20 Å². The summed E-state index contributed by atoms with van der Waals surface area (Å²) in [6.45, 7) is 0.209. The van der Waals surface area contributed by atoms with E-state index in [4.69, 9.17) is 9.52 Å². The molecule has 0 atom stereocenters. The Morgan fingerprint density at radius 1 is 1.58 bits per heavy atom. The summed E-state index contributed by atoms with van der Waals surface area (Å²) < 4.78 is 5.49. The molecule has 1 heterocycles. The van der Waals surface area contributed by atoms with Gasteiger partial charge in [0, 0.05) is 18.9 Å². The average Bonchev–Trinajstić information content (AvgIpc) is 2.83. The zero-order valence-electron chi connectivity index (χ0n) is 6.99. The highest BCUT2D eigenvalue weighted by molar-refractivity contribution is 5.08. The molecule has 1 aliphatic rings. The van der Waals surface area contributed by atoms with Crippen molar-refractivity contribution in [2.24, 2.45) is 0 Å². The Morgan fingerprint density at radius 2 is 2.42 bits per heavy atom. The van der Waals surface area contributed by atoms with Gasteiger partial charge in [-0.25, -0.2) is 4.98 Å². The zero-order valence-corrected chi connectivity index (χ0v) is 6.99. The van der Waals surface area contributed by atoms with Crippen LogP contribution in [0.15, 0.2) is 10.6 Å². The van der Waals surface area contributed by atoms with E-state index in [1.165, 1.54) is 12.8 Å². The van der Waals surface area contributed by atoms with Crippen LogP contribution in [-0.2, 0) is 6.42 Å². The van der Waals surface area contributed by atoms with E-state index in [0.29, 0.717) is 5.92 Å². The van der Waals surface area contributed by atoms with Gasteiger partial charge < -0.3 is 9.52 Å². The van der Waals surface area contributed by atoms with Crippen LogP contribution in [0.4, 0.5) is 0 Å². The van der Waals surface area contributed by atoms with E-state index in [0.717, 1.165) is 24.5 Å². The molecule has 0 aliphatic heterocycles. The Kier molecular flexibility index (Phi) is 2.13. The standard InChI is InChI=1S/C9H13NO2/c11-5-1-2-9-10-6-8(12-9)7-3-4-7/h6-7,11H,1-5H2. The summed E-state index contributed by atoms with van der Waals surface area (Å²) in [5.41, 5.74) is 0. The predicted octanol–water partition coefficient (Wildman–Crippen LogP) is 1.48. The first kappa shape index (κ1) is 7.80. The van der Waals surface area contributed by atoms with E-state index in [-0.39, 0.29) is 6.61 Å². The molecular formula is C9H13NO2. The van der Waals surface area contributed by atoms with Crippen LogP contribution in [0.5, 0.6) is 0 Å². The lowest BCUT2D eigenvalue weighted by atomic mass is 10.3. The van der Waals surface area contributed by atoms with Crippen molar-refractivity contribution in [1.29, 1.82) is 0 Å². The largest absolute Gasteiger partial charge is 0.445 e. The van der Waals surface area contributed by atoms with Crippen molar-refractivity contribution in [2.45, 2.75) is 31.6 Å². The lowest BCUT2D eigenvalue weighted by Crippen LogP contribution is -1.88. The second kappa shape index (κ2) is 3.27. The van der Waals surface area contributed by atoms with Gasteiger partial charge in [0.15, 0.2) is 5.89 Å². The van der Waals surface area contributed by atoms with Gasteiger partial charge in [0.25, 0.3) is 0 Å². The van der Waals surface area contributed by atoms with Gasteiger partial charge in [-0.3, -0.25) is 0 Å². The molecule has 0 unspecified atom stereocenters. The summed E-state index contributed by atoms with van der Waals surface area (Å²) in [4.78, 5) is 4.14. The minimum atomic E-state index is 0.209. The third-order valence-electron chi connectivity index (χ3n) is 2.10. The molecule has 3 nitrogen and oxygen atoms in total. The molecule has 66 valence electrons. The van der Waals surface area contributed by atoms with Crippen LogP contribution in [0.3, 0.4) is 0 Å². The molecule has 0 amide bonds. The molecule has 1 N–H and O–H groups in total. The minimum absolute atomic E-state index is 0.209. The van der Waals surface area contributed by atoms with E-state index in [1.54, 1.807) is 0 Å². The van der Waals surface area contributed by atoms with Crippen molar-refractivity contribution in [3.05, 3.63) is 17.8 Å². The monoisotopic (exact) mass is 167 g/mol. The molecule has 12 heavy (non-hydrogen) atoms. The summed E-state index contributed by atoms with van der Waals surface area (Å²) in [6.07, 6.45) is 5.81. The number of aliphatic hydroxyl groups is 1. The predicted molar refractivity (Wildman–Crippen MR) is 43.9 cm³/mol. The van der Waals surface area contributed by atoms with Crippen molar-refractivity contribution in [1.82, 2.24) is 4.98 Å². The van der Waals surface area contributed by atoms with Crippen molar-refractivity contribution in [2.75, 3.05) is 6.61 Å². The molecule has 1 aromatic heterocycles. The molecule has 2 rings (SSSR count). The van der Waals surface area contributed by atoms with Crippen molar-refractivity contribution < 1.29 is 9.52 Å². The Labute approximate surface area is 71.4 Å². The van der Waals surface area contributed by atoms with E-state index in [9.17, 15) is 0 Å². The van der Waals surface area contributed by atoms with Gasteiger partial charge in [-0.05, 0) is 19.3 Å². The fourth-order valence-corrected chi connectivity index (χ4v) is 1.23. The van der Waals surface area contributed by atoms with Crippen LogP contribution in [0.2, 0.25) is 0 Å². The molecule has 0 radical (unpaired) electrons. The second-order valence-electron chi connectivity index (χ2n) is 3.26. The number of rotatable bonds is 4. The molecule has 0 spiro atoms. The minimum Gasteiger partial charge on any atom is -0.445 e. The van der Waals surface area contributed by atoms with Gasteiger partial charge in [0.1, 0.15) is 5.76 Å². The van der Waals surface area contributed by atoms with Crippen molar-refractivity contribution in [3.63, 3.8) is 0 Å². The molecular weight excluding hydrogens is 154 g/mol. The van der Waals surface area contributed by atoms with E-state index >= 15 is 0 Å².